The second kappa shape index (κ2) is 11.9. The van der Waals surface area contributed by atoms with Crippen LogP contribution in [-0.4, -0.2) is 26.4 Å². The smallest absolute Gasteiger partial charge is 0.235 e. The van der Waals surface area contributed by atoms with E-state index in [2.05, 4.69) is 54.5 Å². The molecule has 0 spiro atoms. The van der Waals surface area contributed by atoms with Crippen molar-refractivity contribution in [2.75, 3.05) is 11.1 Å². The molecule has 0 radical (unpaired) electrons. The molecule has 1 unspecified atom stereocenters. The fourth-order valence-corrected chi connectivity index (χ4v) is 6.60. The van der Waals surface area contributed by atoms with Gasteiger partial charge in [0, 0.05) is 11.4 Å². The Labute approximate surface area is 221 Å². The van der Waals surface area contributed by atoms with Crippen LogP contribution in [0.3, 0.4) is 0 Å². The lowest BCUT2D eigenvalue weighted by Gasteiger charge is -2.20. The number of fused-ring (bicyclic) bond motifs is 1. The average molecular weight is 524 g/mol. The average Bonchev–Trinajstić information content (AvgIpc) is 3.45. The highest BCUT2D eigenvalue weighted by Crippen LogP contribution is 2.40. The van der Waals surface area contributed by atoms with E-state index in [1.807, 2.05) is 23.6 Å². The van der Waals surface area contributed by atoms with Crippen molar-refractivity contribution in [2.24, 2.45) is 5.92 Å². The molecule has 36 heavy (non-hydrogen) atoms. The summed E-state index contributed by atoms with van der Waals surface area (Å²) in [5, 5.41) is 22.6. The van der Waals surface area contributed by atoms with Crippen molar-refractivity contribution in [3.8, 4) is 11.8 Å². The number of rotatable bonds is 10. The predicted octanol–water partition coefficient (Wildman–Crippen LogP) is 6.18. The summed E-state index contributed by atoms with van der Waals surface area (Å²) in [5.74, 6) is 2.70. The third kappa shape index (κ3) is 5.93. The molecule has 2 aromatic heterocycles. The van der Waals surface area contributed by atoms with Crippen LogP contribution in [0.2, 0.25) is 0 Å². The molecule has 0 aliphatic heterocycles. The topological polar surface area (TPSA) is 92.8 Å². The van der Waals surface area contributed by atoms with Crippen molar-refractivity contribution >= 4 is 34.0 Å². The third-order valence-electron chi connectivity index (χ3n) is 6.67. The second-order valence-electron chi connectivity index (χ2n) is 9.33. The maximum Gasteiger partial charge on any atom is 0.235 e. The molecule has 3 aromatic rings. The number of hydrogen-bond acceptors (Lipinski definition) is 7. The van der Waals surface area contributed by atoms with Gasteiger partial charge in [-0.3, -0.25) is 4.79 Å². The van der Waals surface area contributed by atoms with Crippen LogP contribution in [0.25, 0.3) is 0 Å². The Morgan fingerprint density at radius 3 is 2.75 bits per heavy atom. The van der Waals surface area contributed by atoms with E-state index in [1.165, 1.54) is 22.2 Å². The molecule has 1 aliphatic carbocycles. The van der Waals surface area contributed by atoms with Crippen molar-refractivity contribution in [1.29, 1.82) is 5.26 Å². The minimum atomic E-state index is -0.143. The molecule has 1 aromatic carbocycles. The van der Waals surface area contributed by atoms with Crippen molar-refractivity contribution in [1.82, 2.24) is 14.8 Å². The number of nitriles is 1. The van der Waals surface area contributed by atoms with E-state index in [1.54, 1.807) is 11.3 Å². The molecule has 0 fully saturated rings. The number of nitrogens with one attached hydrogen (secondary N) is 1. The van der Waals surface area contributed by atoms with Crippen LogP contribution in [0.4, 0.5) is 5.00 Å². The maximum absolute atomic E-state index is 12.8. The second-order valence-corrected chi connectivity index (χ2v) is 11.4. The monoisotopic (exact) mass is 523 g/mol. The Bertz CT molecular complexity index is 1240. The number of nitrogens with zero attached hydrogens (tertiary/aromatic N) is 4. The van der Waals surface area contributed by atoms with Gasteiger partial charge in [-0.15, -0.1) is 21.5 Å². The lowest BCUT2D eigenvalue weighted by molar-refractivity contribution is -0.113. The SMILES string of the molecule is CCC1CCc2c(sc(NC(=O)CSc3nnc(COc4ccc(C(C)C)cc4)n3CC)c2C#N)C1. The lowest BCUT2D eigenvalue weighted by atomic mass is 9.86. The molecule has 4 rings (SSSR count). The number of anilines is 1. The maximum atomic E-state index is 12.8. The van der Waals surface area contributed by atoms with Crippen molar-refractivity contribution < 1.29 is 9.53 Å². The first kappa shape index (κ1) is 26.2. The van der Waals surface area contributed by atoms with Gasteiger partial charge in [-0.05, 0) is 61.3 Å². The Balaban J connectivity index is 1.35. The minimum absolute atomic E-state index is 0.143. The Morgan fingerprint density at radius 1 is 1.31 bits per heavy atom. The summed E-state index contributed by atoms with van der Waals surface area (Å²) >= 11 is 2.90. The molecule has 1 N–H and O–H groups in total. The first-order valence-corrected chi connectivity index (χ1v) is 14.4. The number of ether oxygens (including phenoxy) is 1. The molecule has 1 atom stereocenters. The number of carbonyl (C=O) groups is 1. The minimum Gasteiger partial charge on any atom is -0.486 e. The van der Waals surface area contributed by atoms with E-state index in [4.69, 9.17) is 4.74 Å². The van der Waals surface area contributed by atoms with E-state index < -0.39 is 0 Å². The fourth-order valence-electron chi connectivity index (χ4n) is 4.45. The van der Waals surface area contributed by atoms with Crippen LogP contribution in [-0.2, 0) is 30.8 Å². The van der Waals surface area contributed by atoms with Crippen molar-refractivity contribution in [3.63, 3.8) is 0 Å². The van der Waals surface area contributed by atoms with Gasteiger partial charge in [-0.2, -0.15) is 5.26 Å². The molecule has 0 saturated heterocycles. The van der Waals surface area contributed by atoms with Crippen LogP contribution in [0.15, 0.2) is 29.4 Å². The zero-order valence-electron chi connectivity index (χ0n) is 21.3. The van der Waals surface area contributed by atoms with Gasteiger partial charge in [0.05, 0.1) is 11.3 Å². The van der Waals surface area contributed by atoms with E-state index in [-0.39, 0.29) is 11.7 Å². The molecule has 190 valence electrons. The van der Waals surface area contributed by atoms with Gasteiger partial charge in [0.25, 0.3) is 0 Å². The highest BCUT2D eigenvalue weighted by molar-refractivity contribution is 7.99. The molecule has 1 amide bonds. The van der Waals surface area contributed by atoms with Gasteiger partial charge in [-0.1, -0.05) is 51.1 Å². The van der Waals surface area contributed by atoms with Gasteiger partial charge in [0.15, 0.2) is 11.0 Å². The summed E-state index contributed by atoms with van der Waals surface area (Å²) in [6.45, 7) is 9.54. The summed E-state index contributed by atoms with van der Waals surface area (Å²) in [7, 11) is 0. The van der Waals surface area contributed by atoms with E-state index in [9.17, 15) is 10.1 Å². The summed E-state index contributed by atoms with van der Waals surface area (Å²) < 4.78 is 7.90. The summed E-state index contributed by atoms with van der Waals surface area (Å²) in [5.41, 5.74) is 3.04. The number of carbonyl (C=O) groups excluding carboxylic acids is 1. The number of benzene rings is 1. The first-order chi connectivity index (χ1) is 17.4. The van der Waals surface area contributed by atoms with Gasteiger partial charge in [0.1, 0.15) is 23.4 Å². The van der Waals surface area contributed by atoms with Gasteiger partial charge < -0.3 is 14.6 Å². The molecular weight excluding hydrogens is 490 g/mol. The predicted molar refractivity (Wildman–Crippen MR) is 145 cm³/mol. The molecule has 0 saturated carbocycles. The highest BCUT2D eigenvalue weighted by Gasteiger charge is 2.26. The first-order valence-electron chi connectivity index (χ1n) is 12.6. The molecule has 2 heterocycles. The van der Waals surface area contributed by atoms with E-state index in [0.717, 1.165) is 42.8 Å². The zero-order valence-corrected chi connectivity index (χ0v) is 23.0. The molecular formula is C27H33N5O2S2. The number of thioether (sulfide) groups is 1. The molecule has 9 heteroatoms. The quantitative estimate of drug-likeness (QED) is 0.319. The third-order valence-corrected chi connectivity index (χ3v) is 8.80. The summed E-state index contributed by atoms with van der Waals surface area (Å²) in [6, 6.07) is 10.4. The van der Waals surface area contributed by atoms with Crippen LogP contribution >= 0.6 is 23.1 Å². The van der Waals surface area contributed by atoms with E-state index in [0.29, 0.717) is 40.7 Å². The molecule has 1 aliphatic rings. The summed E-state index contributed by atoms with van der Waals surface area (Å²) in [6.07, 6.45) is 4.18. The van der Waals surface area contributed by atoms with Crippen LogP contribution < -0.4 is 10.1 Å². The lowest BCUT2D eigenvalue weighted by Crippen LogP contribution is -2.15. The van der Waals surface area contributed by atoms with Crippen LogP contribution in [0.1, 0.15) is 73.8 Å². The Morgan fingerprint density at radius 2 is 2.08 bits per heavy atom. The zero-order chi connectivity index (χ0) is 25.7. The van der Waals surface area contributed by atoms with Crippen LogP contribution in [0, 0.1) is 17.2 Å². The van der Waals surface area contributed by atoms with Crippen LogP contribution in [0.5, 0.6) is 5.75 Å². The number of hydrogen-bond donors (Lipinski definition) is 1. The Hall–Kier alpha value is -2.83. The normalized spacial score (nSPS) is 14.9. The van der Waals surface area contributed by atoms with Gasteiger partial charge in [0.2, 0.25) is 5.91 Å². The van der Waals surface area contributed by atoms with Gasteiger partial charge in [-0.25, -0.2) is 0 Å². The Kier molecular flexibility index (Phi) is 8.70. The fraction of sp³-hybridized carbons (Fsp3) is 0.481. The number of aromatic nitrogens is 3. The number of amides is 1. The van der Waals surface area contributed by atoms with Crippen molar-refractivity contribution in [2.45, 2.75) is 77.6 Å². The molecule has 7 nitrogen and oxygen atoms in total. The highest BCUT2D eigenvalue weighted by atomic mass is 32.2. The van der Waals surface area contributed by atoms with Crippen molar-refractivity contribution in [3.05, 3.63) is 51.7 Å². The van der Waals surface area contributed by atoms with E-state index >= 15 is 0 Å². The standard InChI is InChI=1S/C27H33N5O2S2/c1-5-18-7-12-21-22(14-28)26(36-23(21)13-18)29-25(33)16-35-27-31-30-24(32(27)6-2)15-34-20-10-8-19(9-11-20)17(3)4/h8-11,17-18H,5-7,12-13,15-16H2,1-4H3,(H,29,33). The largest absolute Gasteiger partial charge is 0.486 e. The molecule has 0 bridgehead atoms. The van der Waals surface area contributed by atoms with Gasteiger partial charge >= 0.3 is 0 Å². The number of thiophene rings is 1. The summed E-state index contributed by atoms with van der Waals surface area (Å²) in [4.78, 5) is 14.0.